The maximum Gasteiger partial charge on any atom is 0.338 e. The molecule has 1 fully saturated rings. The van der Waals surface area contributed by atoms with Crippen molar-refractivity contribution in [3.63, 3.8) is 0 Å². The standard InChI is InChI=1S/C9H19NO3S/c1-7(2)5-10-6-9(8(3)4)13-14(10,11)12/h7-9H,5-6H2,1-4H3/t9-/m0/s1. The minimum atomic E-state index is -3.44. The van der Waals surface area contributed by atoms with Gasteiger partial charge >= 0.3 is 10.3 Å². The van der Waals surface area contributed by atoms with Gasteiger partial charge in [-0.25, -0.2) is 0 Å². The SMILES string of the molecule is CC(C)CN1C[C@@H](C(C)C)OS1(=O)=O. The Bertz CT molecular complexity index is 284. The van der Waals surface area contributed by atoms with Gasteiger partial charge in [0.15, 0.2) is 0 Å². The first-order valence-electron chi connectivity index (χ1n) is 5.01. The van der Waals surface area contributed by atoms with Crippen LogP contribution in [0.4, 0.5) is 0 Å². The third-order valence-corrected chi connectivity index (χ3v) is 3.68. The minimum Gasteiger partial charge on any atom is -0.253 e. The van der Waals surface area contributed by atoms with Gasteiger partial charge in [-0.15, -0.1) is 0 Å². The maximum atomic E-state index is 11.5. The molecular weight excluding hydrogens is 202 g/mol. The van der Waals surface area contributed by atoms with Crippen molar-refractivity contribution in [2.24, 2.45) is 11.8 Å². The normalized spacial score (nSPS) is 27.7. The van der Waals surface area contributed by atoms with E-state index in [4.69, 9.17) is 4.18 Å². The number of nitrogens with zero attached hydrogens (tertiary/aromatic N) is 1. The summed E-state index contributed by atoms with van der Waals surface area (Å²) in [4.78, 5) is 0. The average Bonchev–Trinajstić information content (AvgIpc) is 2.26. The zero-order valence-electron chi connectivity index (χ0n) is 9.23. The summed E-state index contributed by atoms with van der Waals surface area (Å²) in [6, 6.07) is 0. The summed E-state index contributed by atoms with van der Waals surface area (Å²) in [6.07, 6.45) is -0.182. The molecule has 0 bridgehead atoms. The molecule has 1 heterocycles. The molecule has 1 atom stereocenters. The molecule has 0 amide bonds. The second kappa shape index (κ2) is 4.16. The molecule has 0 aliphatic carbocycles. The van der Waals surface area contributed by atoms with Crippen molar-refractivity contribution in [1.29, 1.82) is 0 Å². The highest BCUT2D eigenvalue weighted by molar-refractivity contribution is 7.84. The monoisotopic (exact) mass is 221 g/mol. The summed E-state index contributed by atoms with van der Waals surface area (Å²) < 4.78 is 29.5. The molecule has 0 aromatic rings. The smallest absolute Gasteiger partial charge is 0.253 e. The number of rotatable bonds is 3. The van der Waals surface area contributed by atoms with Gasteiger partial charge in [0, 0.05) is 13.1 Å². The van der Waals surface area contributed by atoms with E-state index in [1.807, 2.05) is 27.7 Å². The van der Waals surface area contributed by atoms with E-state index in [0.29, 0.717) is 19.0 Å². The summed E-state index contributed by atoms with van der Waals surface area (Å²) in [5, 5.41) is 0. The van der Waals surface area contributed by atoms with Gasteiger partial charge in [-0.1, -0.05) is 27.7 Å². The van der Waals surface area contributed by atoms with Crippen LogP contribution in [0.2, 0.25) is 0 Å². The molecule has 84 valence electrons. The molecule has 0 unspecified atom stereocenters. The van der Waals surface area contributed by atoms with Crippen LogP contribution in [0.5, 0.6) is 0 Å². The van der Waals surface area contributed by atoms with Gasteiger partial charge in [-0.05, 0) is 11.8 Å². The van der Waals surface area contributed by atoms with E-state index in [0.717, 1.165) is 0 Å². The van der Waals surface area contributed by atoms with Crippen LogP contribution in [0.25, 0.3) is 0 Å². The predicted octanol–water partition coefficient (Wildman–Crippen LogP) is 1.24. The highest BCUT2D eigenvalue weighted by Crippen LogP contribution is 2.23. The Kier molecular flexibility index (Phi) is 3.55. The minimum absolute atomic E-state index is 0.182. The molecule has 1 aliphatic rings. The summed E-state index contributed by atoms with van der Waals surface area (Å²) in [7, 11) is -3.44. The van der Waals surface area contributed by atoms with E-state index < -0.39 is 10.3 Å². The van der Waals surface area contributed by atoms with Crippen LogP contribution in [0.3, 0.4) is 0 Å². The molecule has 1 aliphatic heterocycles. The third kappa shape index (κ3) is 2.68. The van der Waals surface area contributed by atoms with Crippen molar-refractivity contribution in [1.82, 2.24) is 4.31 Å². The average molecular weight is 221 g/mol. The van der Waals surface area contributed by atoms with Gasteiger partial charge in [0.1, 0.15) is 0 Å². The Morgan fingerprint density at radius 3 is 2.29 bits per heavy atom. The molecule has 4 nitrogen and oxygen atoms in total. The molecule has 0 spiro atoms. The lowest BCUT2D eigenvalue weighted by Gasteiger charge is -2.14. The van der Waals surface area contributed by atoms with E-state index in [9.17, 15) is 8.42 Å². The van der Waals surface area contributed by atoms with Gasteiger partial charge in [0.25, 0.3) is 0 Å². The molecule has 14 heavy (non-hydrogen) atoms. The van der Waals surface area contributed by atoms with Crippen molar-refractivity contribution in [2.75, 3.05) is 13.1 Å². The lowest BCUT2D eigenvalue weighted by atomic mass is 10.1. The molecule has 0 radical (unpaired) electrons. The molecule has 0 saturated carbocycles. The molecule has 0 aromatic carbocycles. The van der Waals surface area contributed by atoms with E-state index >= 15 is 0 Å². The van der Waals surface area contributed by atoms with Crippen molar-refractivity contribution >= 4 is 10.3 Å². The molecule has 0 aromatic heterocycles. The lowest BCUT2D eigenvalue weighted by molar-refractivity contribution is 0.187. The summed E-state index contributed by atoms with van der Waals surface area (Å²) in [6.45, 7) is 8.98. The van der Waals surface area contributed by atoms with Crippen molar-refractivity contribution in [3.8, 4) is 0 Å². The van der Waals surface area contributed by atoms with E-state index in [-0.39, 0.29) is 12.0 Å². The highest BCUT2D eigenvalue weighted by atomic mass is 32.2. The van der Waals surface area contributed by atoms with Gasteiger partial charge in [0.05, 0.1) is 6.10 Å². The fourth-order valence-corrected chi connectivity index (χ4v) is 2.96. The Labute approximate surface area is 86.5 Å². The van der Waals surface area contributed by atoms with Crippen LogP contribution in [0.1, 0.15) is 27.7 Å². The Hall–Kier alpha value is -0.130. The molecule has 1 rings (SSSR count). The maximum absolute atomic E-state index is 11.5. The van der Waals surface area contributed by atoms with E-state index in [1.54, 1.807) is 0 Å². The summed E-state index contributed by atoms with van der Waals surface area (Å²) in [5.41, 5.74) is 0. The van der Waals surface area contributed by atoms with Crippen LogP contribution < -0.4 is 0 Å². The fourth-order valence-electron chi connectivity index (χ4n) is 1.43. The zero-order valence-corrected chi connectivity index (χ0v) is 10.0. The van der Waals surface area contributed by atoms with Crippen LogP contribution in [0.15, 0.2) is 0 Å². The van der Waals surface area contributed by atoms with Crippen LogP contribution in [-0.2, 0) is 14.5 Å². The highest BCUT2D eigenvalue weighted by Gasteiger charge is 2.38. The Morgan fingerprint density at radius 2 is 1.93 bits per heavy atom. The van der Waals surface area contributed by atoms with Gasteiger partial charge in [-0.2, -0.15) is 12.7 Å². The van der Waals surface area contributed by atoms with Gasteiger partial charge < -0.3 is 0 Å². The first kappa shape index (κ1) is 11.9. The van der Waals surface area contributed by atoms with Crippen molar-refractivity contribution in [2.45, 2.75) is 33.8 Å². The van der Waals surface area contributed by atoms with Crippen molar-refractivity contribution in [3.05, 3.63) is 0 Å². The quantitative estimate of drug-likeness (QED) is 0.720. The van der Waals surface area contributed by atoms with Crippen LogP contribution in [0, 0.1) is 11.8 Å². The summed E-state index contributed by atoms with van der Waals surface area (Å²) in [5.74, 6) is 0.571. The summed E-state index contributed by atoms with van der Waals surface area (Å²) >= 11 is 0. The molecule has 1 saturated heterocycles. The first-order valence-corrected chi connectivity index (χ1v) is 6.38. The fraction of sp³-hybridized carbons (Fsp3) is 1.00. The van der Waals surface area contributed by atoms with Gasteiger partial charge in [0.2, 0.25) is 0 Å². The van der Waals surface area contributed by atoms with Gasteiger partial charge in [-0.3, -0.25) is 4.18 Å². The number of hydrogen-bond donors (Lipinski definition) is 0. The first-order chi connectivity index (χ1) is 6.33. The molecule has 5 heteroatoms. The third-order valence-electron chi connectivity index (χ3n) is 2.26. The Balaban J connectivity index is 2.70. The molecule has 0 N–H and O–H groups in total. The predicted molar refractivity (Wildman–Crippen MR) is 55.0 cm³/mol. The topological polar surface area (TPSA) is 46.6 Å². The molecular formula is C9H19NO3S. The lowest BCUT2D eigenvalue weighted by Crippen LogP contribution is -2.30. The van der Waals surface area contributed by atoms with Crippen LogP contribution in [-0.4, -0.2) is 31.9 Å². The second-order valence-corrected chi connectivity index (χ2v) is 6.11. The largest absolute Gasteiger partial charge is 0.338 e. The van der Waals surface area contributed by atoms with Crippen LogP contribution >= 0.6 is 0 Å². The second-order valence-electron chi connectivity index (χ2n) is 4.55. The number of hydrogen-bond acceptors (Lipinski definition) is 3. The van der Waals surface area contributed by atoms with Crippen molar-refractivity contribution < 1.29 is 12.6 Å². The Morgan fingerprint density at radius 1 is 1.36 bits per heavy atom. The van der Waals surface area contributed by atoms with E-state index in [2.05, 4.69) is 0 Å². The van der Waals surface area contributed by atoms with E-state index in [1.165, 1.54) is 4.31 Å². The zero-order chi connectivity index (χ0) is 10.9.